The molecular formula is C7H13BrN2O2. The summed E-state index contributed by atoms with van der Waals surface area (Å²) in [7, 11) is 1.74. The van der Waals surface area contributed by atoms with Gasteiger partial charge in [0.1, 0.15) is 5.78 Å². The molecule has 0 atom stereocenters. The van der Waals surface area contributed by atoms with Crippen LogP contribution in [0.4, 0.5) is 0 Å². The molecule has 0 aromatic carbocycles. The van der Waals surface area contributed by atoms with Crippen molar-refractivity contribution in [1.29, 1.82) is 0 Å². The summed E-state index contributed by atoms with van der Waals surface area (Å²) in [6.45, 7) is 0.446. The van der Waals surface area contributed by atoms with Crippen LogP contribution in [0, 0.1) is 0 Å². The number of ketones is 1. The lowest BCUT2D eigenvalue weighted by atomic mass is 10.2. The highest BCUT2D eigenvalue weighted by molar-refractivity contribution is 9.09. The van der Waals surface area contributed by atoms with E-state index in [0.717, 1.165) is 0 Å². The van der Waals surface area contributed by atoms with Crippen LogP contribution in [0.1, 0.15) is 12.8 Å². The van der Waals surface area contributed by atoms with Gasteiger partial charge in [0, 0.05) is 12.8 Å². The maximum Gasteiger partial charge on any atom is 0.221 e. The molecule has 0 spiro atoms. The molecule has 0 saturated heterocycles. The van der Waals surface area contributed by atoms with Crippen LogP contribution in [0.15, 0.2) is 0 Å². The van der Waals surface area contributed by atoms with Crippen molar-refractivity contribution in [2.45, 2.75) is 12.8 Å². The molecule has 0 aliphatic rings. The first-order valence-corrected chi connectivity index (χ1v) is 4.81. The monoisotopic (exact) mass is 236 g/mol. The van der Waals surface area contributed by atoms with E-state index in [-0.39, 0.29) is 18.1 Å². The van der Waals surface area contributed by atoms with Crippen LogP contribution in [0.25, 0.3) is 0 Å². The van der Waals surface area contributed by atoms with E-state index >= 15 is 0 Å². The summed E-state index contributed by atoms with van der Waals surface area (Å²) in [6.07, 6.45) is 0.576. The van der Waals surface area contributed by atoms with Gasteiger partial charge >= 0.3 is 0 Å². The zero-order chi connectivity index (χ0) is 9.40. The third-order valence-corrected chi connectivity index (χ3v) is 1.87. The number of nitrogens with one attached hydrogen (secondary N) is 2. The van der Waals surface area contributed by atoms with Gasteiger partial charge in [-0.1, -0.05) is 15.9 Å². The van der Waals surface area contributed by atoms with Crippen LogP contribution in [0.3, 0.4) is 0 Å². The molecule has 0 aliphatic carbocycles. The molecular weight excluding hydrogens is 224 g/mol. The Bertz CT molecular complexity index is 161. The zero-order valence-electron chi connectivity index (χ0n) is 7.02. The highest BCUT2D eigenvalue weighted by Crippen LogP contribution is 1.93. The molecule has 0 rings (SSSR count). The number of rotatable bonds is 6. The SMILES string of the molecule is CNCNC(=O)CCC(=O)CBr. The average molecular weight is 237 g/mol. The fourth-order valence-corrected chi connectivity index (χ4v) is 0.875. The lowest BCUT2D eigenvalue weighted by molar-refractivity contribution is -0.124. The van der Waals surface area contributed by atoms with Crippen molar-refractivity contribution in [2.24, 2.45) is 0 Å². The Hall–Kier alpha value is -0.420. The van der Waals surface area contributed by atoms with Gasteiger partial charge in [0.25, 0.3) is 0 Å². The minimum Gasteiger partial charge on any atom is -0.344 e. The minimum absolute atomic E-state index is 0.0506. The molecule has 1 amide bonds. The number of alkyl halides is 1. The van der Waals surface area contributed by atoms with Crippen molar-refractivity contribution in [2.75, 3.05) is 19.0 Å². The third kappa shape index (κ3) is 6.30. The van der Waals surface area contributed by atoms with E-state index in [2.05, 4.69) is 26.6 Å². The minimum atomic E-state index is -0.0985. The summed E-state index contributed by atoms with van der Waals surface area (Å²) >= 11 is 3.02. The predicted molar refractivity (Wildman–Crippen MR) is 50.1 cm³/mol. The molecule has 70 valence electrons. The average Bonchev–Trinajstić information content (AvgIpc) is 2.10. The van der Waals surface area contributed by atoms with Crippen molar-refractivity contribution < 1.29 is 9.59 Å². The van der Waals surface area contributed by atoms with E-state index < -0.39 is 0 Å². The van der Waals surface area contributed by atoms with Crippen molar-refractivity contribution in [1.82, 2.24) is 10.6 Å². The van der Waals surface area contributed by atoms with E-state index in [1.807, 2.05) is 0 Å². The fourth-order valence-electron chi connectivity index (χ4n) is 0.595. The van der Waals surface area contributed by atoms with E-state index in [1.54, 1.807) is 7.05 Å². The van der Waals surface area contributed by atoms with Crippen molar-refractivity contribution in [3.63, 3.8) is 0 Å². The summed E-state index contributed by atoms with van der Waals surface area (Å²) in [4.78, 5) is 21.7. The molecule has 2 N–H and O–H groups in total. The number of halogens is 1. The molecule has 5 heteroatoms. The van der Waals surface area contributed by atoms with Gasteiger partial charge in [0.05, 0.1) is 12.0 Å². The molecule has 0 saturated carbocycles. The standard InChI is InChI=1S/C7H13BrN2O2/c1-9-5-10-7(12)3-2-6(11)4-8/h9H,2-5H2,1H3,(H,10,12). The Labute approximate surface area is 80.2 Å². The normalized spacial score (nSPS) is 9.50. The van der Waals surface area contributed by atoms with Crippen LogP contribution in [-0.2, 0) is 9.59 Å². The predicted octanol–water partition coefficient (Wildman–Crippen LogP) is 0.0237. The van der Waals surface area contributed by atoms with Gasteiger partial charge < -0.3 is 10.6 Å². The molecule has 0 fully saturated rings. The quantitative estimate of drug-likeness (QED) is 0.506. The number of carbonyl (C=O) groups is 2. The second-order valence-electron chi connectivity index (χ2n) is 2.30. The second kappa shape index (κ2) is 7.24. The van der Waals surface area contributed by atoms with Gasteiger partial charge in [0.15, 0.2) is 0 Å². The van der Waals surface area contributed by atoms with E-state index in [1.165, 1.54) is 0 Å². The highest BCUT2D eigenvalue weighted by Gasteiger charge is 2.03. The summed E-state index contributed by atoms with van der Waals surface area (Å²) in [5.74, 6) is -0.0479. The zero-order valence-corrected chi connectivity index (χ0v) is 8.61. The Kier molecular flexibility index (Phi) is 6.99. The molecule has 0 aromatic rings. The maximum absolute atomic E-state index is 10.9. The lowest BCUT2D eigenvalue weighted by Gasteiger charge is -2.02. The fraction of sp³-hybridized carbons (Fsp3) is 0.714. The second-order valence-corrected chi connectivity index (χ2v) is 2.86. The van der Waals surface area contributed by atoms with Crippen molar-refractivity contribution >= 4 is 27.6 Å². The largest absolute Gasteiger partial charge is 0.344 e. The van der Waals surface area contributed by atoms with Crippen molar-refractivity contribution in [3.8, 4) is 0 Å². The van der Waals surface area contributed by atoms with Crippen LogP contribution in [0.5, 0.6) is 0 Å². The smallest absolute Gasteiger partial charge is 0.221 e. The van der Waals surface area contributed by atoms with Gasteiger partial charge in [-0.2, -0.15) is 0 Å². The van der Waals surface area contributed by atoms with Gasteiger partial charge in [-0.3, -0.25) is 9.59 Å². The Morgan fingerprint density at radius 3 is 2.50 bits per heavy atom. The molecule has 0 bridgehead atoms. The summed E-state index contributed by atoms with van der Waals surface area (Å²) in [6, 6.07) is 0. The molecule has 0 heterocycles. The Balaban J connectivity index is 3.37. The lowest BCUT2D eigenvalue weighted by Crippen LogP contribution is -2.31. The topological polar surface area (TPSA) is 58.2 Å². The molecule has 0 aromatic heterocycles. The summed E-state index contributed by atoms with van der Waals surface area (Å²) < 4.78 is 0. The molecule has 12 heavy (non-hydrogen) atoms. The number of Topliss-reactive ketones (excluding diaryl/α,β-unsaturated/α-hetero) is 1. The number of amides is 1. The van der Waals surface area contributed by atoms with Crippen LogP contribution >= 0.6 is 15.9 Å². The molecule has 0 radical (unpaired) electrons. The van der Waals surface area contributed by atoms with Gasteiger partial charge in [-0.05, 0) is 7.05 Å². The number of carbonyl (C=O) groups excluding carboxylic acids is 2. The van der Waals surface area contributed by atoms with E-state index in [9.17, 15) is 9.59 Å². The first kappa shape index (κ1) is 11.6. The third-order valence-electron chi connectivity index (χ3n) is 1.24. The van der Waals surface area contributed by atoms with Crippen molar-refractivity contribution in [3.05, 3.63) is 0 Å². The first-order chi connectivity index (χ1) is 5.70. The van der Waals surface area contributed by atoms with Crippen LogP contribution in [0.2, 0.25) is 0 Å². The van der Waals surface area contributed by atoms with E-state index in [4.69, 9.17) is 0 Å². The molecule has 4 nitrogen and oxygen atoms in total. The van der Waals surface area contributed by atoms with Crippen LogP contribution < -0.4 is 10.6 Å². The Morgan fingerprint density at radius 2 is 2.00 bits per heavy atom. The summed E-state index contributed by atoms with van der Waals surface area (Å²) in [5, 5.41) is 5.69. The van der Waals surface area contributed by atoms with Gasteiger partial charge in [0.2, 0.25) is 5.91 Å². The molecule has 0 aliphatic heterocycles. The molecule has 0 unspecified atom stereocenters. The highest BCUT2D eigenvalue weighted by atomic mass is 79.9. The number of hydrogen-bond donors (Lipinski definition) is 2. The Morgan fingerprint density at radius 1 is 1.33 bits per heavy atom. The van der Waals surface area contributed by atoms with E-state index in [0.29, 0.717) is 18.4 Å². The number of hydrogen-bond acceptors (Lipinski definition) is 3. The van der Waals surface area contributed by atoms with Gasteiger partial charge in [-0.15, -0.1) is 0 Å². The first-order valence-electron chi connectivity index (χ1n) is 3.69. The van der Waals surface area contributed by atoms with Crippen LogP contribution in [-0.4, -0.2) is 30.7 Å². The summed E-state index contributed by atoms with van der Waals surface area (Å²) in [5.41, 5.74) is 0. The van der Waals surface area contributed by atoms with Gasteiger partial charge in [-0.25, -0.2) is 0 Å². The maximum atomic E-state index is 10.9.